The van der Waals surface area contributed by atoms with Crippen LogP contribution in [0.1, 0.15) is 92.4 Å². The van der Waals surface area contributed by atoms with E-state index in [4.69, 9.17) is 9.47 Å². The predicted octanol–water partition coefficient (Wildman–Crippen LogP) is 7.36. The number of ether oxygens (including phenoxy) is 2. The van der Waals surface area contributed by atoms with Gasteiger partial charge in [0.2, 0.25) is 17.7 Å². The van der Waals surface area contributed by atoms with Gasteiger partial charge in [0.05, 0.1) is 6.42 Å². The molecule has 1 saturated heterocycles. The van der Waals surface area contributed by atoms with Crippen molar-refractivity contribution in [2.24, 2.45) is 0 Å². The number of piperidine rings is 1. The van der Waals surface area contributed by atoms with Gasteiger partial charge >= 0.3 is 12.1 Å². The van der Waals surface area contributed by atoms with Gasteiger partial charge in [-0.05, 0) is 78.3 Å². The number of benzene rings is 4. The van der Waals surface area contributed by atoms with Crippen molar-refractivity contribution in [3.05, 3.63) is 131 Å². The van der Waals surface area contributed by atoms with Crippen LogP contribution in [-0.2, 0) is 41.5 Å². The maximum absolute atomic E-state index is 14.7. The molecule has 0 bridgehead atoms. The maximum atomic E-state index is 14.7. The number of nitrogens with one attached hydrogen (secondary N) is 2. The van der Waals surface area contributed by atoms with Crippen LogP contribution in [0.5, 0.6) is 0 Å². The first-order valence-electron chi connectivity index (χ1n) is 22.0. The van der Waals surface area contributed by atoms with E-state index in [9.17, 15) is 24.0 Å². The first kappa shape index (κ1) is 43.1. The van der Waals surface area contributed by atoms with E-state index in [1.54, 1.807) is 0 Å². The van der Waals surface area contributed by atoms with Gasteiger partial charge in [0.1, 0.15) is 30.8 Å². The van der Waals surface area contributed by atoms with Gasteiger partial charge in [-0.2, -0.15) is 0 Å². The molecule has 1 aliphatic heterocycles. The lowest BCUT2D eigenvalue weighted by atomic mass is 9.98. The highest BCUT2D eigenvalue weighted by molar-refractivity contribution is 5.95. The number of hydrogen-bond acceptors (Lipinski definition) is 7. The van der Waals surface area contributed by atoms with Crippen LogP contribution in [0.4, 0.5) is 4.79 Å². The molecule has 4 amide bonds. The first-order chi connectivity index (χ1) is 29.7. The molecule has 1 saturated carbocycles. The minimum absolute atomic E-state index is 0.00994. The Morgan fingerprint density at radius 1 is 0.656 bits per heavy atom. The number of likely N-dealkylation sites (tertiary alicyclic amines) is 1. The highest BCUT2D eigenvalue weighted by Gasteiger charge is 2.37. The minimum atomic E-state index is -1.40. The number of amides is 4. The van der Waals surface area contributed by atoms with Gasteiger partial charge in [0, 0.05) is 38.9 Å². The second-order valence-corrected chi connectivity index (χ2v) is 16.6. The summed E-state index contributed by atoms with van der Waals surface area (Å²) in [5.74, 6) is -2.18. The van der Waals surface area contributed by atoms with Gasteiger partial charge in [0.15, 0.2) is 0 Å². The fraction of sp³-hybridized carbons (Fsp3) is 0.420. The topological polar surface area (TPSA) is 134 Å². The van der Waals surface area contributed by atoms with Crippen molar-refractivity contribution in [1.29, 1.82) is 0 Å². The van der Waals surface area contributed by atoms with E-state index in [0.717, 1.165) is 91.2 Å². The van der Waals surface area contributed by atoms with Crippen molar-refractivity contribution >= 4 is 29.8 Å². The molecule has 3 atom stereocenters. The largest absolute Gasteiger partial charge is 0.462 e. The van der Waals surface area contributed by atoms with Gasteiger partial charge in [-0.3, -0.25) is 19.2 Å². The Labute approximate surface area is 359 Å². The van der Waals surface area contributed by atoms with E-state index in [2.05, 4.69) is 10.6 Å². The zero-order valence-corrected chi connectivity index (χ0v) is 35.1. The van der Waals surface area contributed by atoms with Crippen LogP contribution >= 0.6 is 0 Å². The molecular formula is C50H58N4O7. The second-order valence-electron chi connectivity index (χ2n) is 16.6. The van der Waals surface area contributed by atoms with E-state index in [1.165, 1.54) is 11.9 Å². The summed E-state index contributed by atoms with van der Waals surface area (Å²) in [6.45, 7) is 1.24. The van der Waals surface area contributed by atoms with Gasteiger partial charge in [-0.15, -0.1) is 0 Å². The van der Waals surface area contributed by atoms with E-state index in [-0.39, 0.29) is 37.4 Å². The first-order valence-corrected chi connectivity index (χ1v) is 22.0. The predicted molar refractivity (Wildman–Crippen MR) is 233 cm³/mol. The summed E-state index contributed by atoms with van der Waals surface area (Å²) < 4.78 is 11.8. The summed E-state index contributed by atoms with van der Waals surface area (Å²) >= 11 is 0. The lowest BCUT2D eigenvalue weighted by Crippen LogP contribution is -2.59. The Morgan fingerprint density at radius 3 is 1.80 bits per heavy atom. The fourth-order valence-electron chi connectivity index (χ4n) is 9.04. The molecule has 7 rings (SSSR count). The minimum Gasteiger partial charge on any atom is -0.462 e. The third-order valence-corrected chi connectivity index (χ3v) is 12.4. The molecule has 0 spiro atoms. The summed E-state index contributed by atoms with van der Waals surface area (Å²) in [7, 11) is 1.50. The van der Waals surface area contributed by atoms with Crippen LogP contribution < -0.4 is 10.6 Å². The summed E-state index contributed by atoms with van der Waals surface area (Å²) in [6.07, 6.45) is 7.17. The van der Waals surface area contributed by atoms with Crippen LogP contribution in [0.3, 0.4) is 0 Å². The van der Waals surface area contributed by atoms with Crippen LogP contribution in [0.2, 0.25) is 0 Å². The van der Waals surface area contributed by atoms with Crippen molar-refractivity contribution in [2.45, 2.75) is 107 Å². The molecule has 0 radical (unpaired) electrons. The average Bonchev–Trinajstić information content (AvgIpc) is 3.39. The molecular weight excluding hydrogens is 769 g/mol. The molecule has 4 aromatic rings. The van der Waals surface area contributed by atoms with Gasteiger partial charge < -0.3 is 29.9 Å². The third-order valence-electron chi connectivity index (χ3n) is 12.4. The number of esters is 1. The Bertz CT molecular complexity index is 2070. The summed E-state index contributed by atoms with van der Waals surface area (Å²) in [6, 6.07) is 31.5. The van der Waals surface area contributed by atoms with Gasteiger partial charge in [-0.1, -0.05) is 122 Å². The van der Waals surface area contributed by atoms with Gasteiger partial charge in [0.25, 0.3) is 0 Å². The number of hydrogen-bond donors (Lipinski definition) is 2. The summed E-state index contributed by atoms with van der Waals surface area (Å²) in [5, 5.41) is 5.74. The zero-order valence-electron chi connectivity index (χ0n) is 35.1. The van der Waals surface area contributed by atoms with Crippen molar-refractivity contribution in [1.82, 2.24) is 20.4 Å². The van der Waals surface area contributed by atoms with E-state index in [1.807, 2.05) is 114 Å². The smallest absolute Gasteiger partial charge is 0.407 e. The molecule has 11 nitrogen and oxygen atoms in total. The Kier molecular flexibility index (Phi) is 14.9. The van der Waals surface area contributed by atoms with E-state index >= 15 is 0 Å². The Hall–Kier alpha value is -5.97. The van der Waals surface area contributed by atoms with Crippen LogP contribution in [0, 0.1) is 0 Å². The fourth-order valence-corrected chi connectivity index (χ4v) is 9.04. The molecule has 4 aromatic carbocycles. The van der Waals surface area contributed by atoms with Crippen LogP contribution in [-0.4, -0.2) is 90.6 Å². The van der Waals surface area contributed by atoms with Crippen molar-refractivity contribution < 1.29 is 33.4 Å². The molecule has 0 unspecified atom stereocenters. The monoisotopic (exact) mass is 826 g/mol. The lowest BCUT2D eigenvalue weighted by Gasteiger charge is -2.34. The quantitative estimate of drug-likeness (QED) is 0.0946. The highest BCUT2D eigenvalue weighted by atomic mass is 16.6. The average molecular weight is 827 g/mol. The molecule has 2 fully saturated rings. The van der Waals surface area contributed by atoms with Crippen molar-refractivity contribution in [3.63, 3.8) is 0 Å². The number of alkyl carbamates (subject to hydrolysis) is 1. The normalized spacial score (nSPS) is 16.8. The number of carbonyl (C=O) groups excluding carboxylic acids is 5. The van der Waals surface area contributed by atoms with Gasteiger partial charge in [-0.25, -0.2) is 4.79 Å². The van der Waals surface area contributed by atoms with Crippen LogP contribution in [0.25, 0.3) is 11.1 Å². The highest BCUT2D eigenvalue weighted by Crippen LogP contribution is 2.44. The molecule has 2 aliphatic carbocycles. The van der Waals surface area contributed by atoms with Crippen LogP contribution in [0.15, 0.2) is 109 Å². The maximum Gasteiger partial charge on any atom is 0.407 e. The third kappa shape index (κ3) is 11.2. The SMILES string of the molecule is CN(C(=O)[C@H](CC(=O)OC1CCCCCC1)NC(=O)OCC1c2ccccc2-c2ccccc21)[C@@H](Cc1ccccc1)C(=O)N[C@@H](Cc1ccccc1)C(=O)N1CCCCC1. The molecule has 61 heavy (non-hydrogen) atoms. The standard InChI is InChI=1S/C50H58N4O7/c1-53(45(32-36-21-9-5-10-22-36)47(56)51-43(31-35-19-7-4-8-20-35)49(58)54-29-17-6-18-30-54)48(57)44(33-46(55)61-37-23-11-2-3-12-24-37)52-50(59)60-34-42-40-27-15-13-25-38(40)39-26-14-16-28-41(39)42/h4-5,7-10,13-16,19-22,25-28,37,42-45H,2-3,6,11-12,17-18,23-24,29-34H2,1H3,(H,51,56)(H,52,59)/t43-,44-,45-/m0/s1. The Morgan fingerprint density at radius 2 is 1.20 bits per heavy atom. The zero-order chi connectivity index (χ0) is 42.6. The number of fused-ring (bicyclic) bond motifs is 3. The second kappa shape index (κ2) is 21.0. The molecule has 3 aliphatic rings. The molecule has 2 N–H and O–H groups in total. The molecule has 11 heteroatoms. The number of rotatable bonds is 15. The van der Waals surface area contributed by atoms with E-state index in [0.29, 0.717) is 13.1 Å². The number of carbonyl (C=O) groups is 5. The number of likely N-dealkylation sites (N-methyl/N-ethyl adjacent to an activating group) is 1. The van der Waals surface area contributed by atoms with E-state index < -0.39 is 48.4 Å². The number of nitrogens with zero attached hydrogens (tertiary/aromatic N) is 2. The lowest BCUT2D eigenvalue weighted by molar-refractivity contribution is -0.153. The van der Waals surface area contributed by atoms with Crippen molar-refractivity contribution in [2.75, 3.05) is 26.7 Å². The molecule has 0 aromatic heterocycles. The van der Waals surface area contributed by atoms with Crippen molar-refractivity contribution in [3.8, 4) is 11.1 Å². The molecule has 1 heterocycles. The molecule has 320 valence electrons. The summed E-state index contributed by atoms with van der Waals surface area (Å²) in [4.78, 5) is 73.9. The summed E-state index contributed by atoms with van der Waals surface area (Å²) in [5.41, 5.74) is 5.91. The Balaban J connectivity index is 1.12.